The smallest absolute Gasteiger partial charge is 0.326 e. The molecule has 9 N–H and O–H groups in total. The van der Waals surface area contributed by atoms with Crippen LogP contribution < -0.4 is 36.9 Å². The van der Waals surface area contributed by atoms with E-state index in [1.54, 1.807) is 44.2 Å². The fraction of sp³-hybridized carbons (Fsp3) is 0.580. The van der Waals surface area contributed by atoms with Gasteiger partial charge in [-0.1, -0.05) is 35.9 Å². The Morgan fingerprint density at radius 1 is 0.930 bits per heavy atom. The number of carboxylic acid groups (broad SMARTS) is 1. The van der Waals surface area contributed by atoms with Crippen LogP contribution >= 0.6 is 11.6 Å². The number of rotatable bonds is 21. The molecule has 6 rings (SSSR count). The molecule has 19 nitrogen and oxygen atoms in total. The van der Waals surface area contributed by atoms with Gasteiger partial charge in [0.2, 0.25) is 35.5 Å². The topological polar surface area (TPSA) is 285 Å². The van der Waals surface area contributed by atoms with Crippen molar-refractivity contribution in [2.45, 2.75) is 171 Å². The molecular formula is C50H70ClN9O10S. The third-order valence-electron chi connectivity index (χ3n) is 14.3. The number of halogens is 1. The van der Waals surface area contributed by atoms with Crippen molar-refractivity contribution in [2.75, 3.05) is 19.6 Å². The van der Waals surface area contributed by atoms with Gasteiger partial charge in [-0.25, -0.2) is 17.9 Å². The number of nitrogens with zero attached hydrogens (tertiary/aromatic N) is 3. The van der Waals surface area contributed by atoms with Crippen molar-refractivity contribution in [1.29, 1.82) is 0 Å². The van der Waals surface area contributed by atoms with Crippen LogP contribution in [0, 0.1) is 20.8 Å². The van der Waals surface area contributed by atoms with Crippen LogP contribution in [0.25, 0.3) is 0 Å². The van der Waals surface area contributed by atoms with Crippen molar-refractivity contribution < 1.29 is 47.0 Å². The molecule has 1 saturated carbocycles. The number of benzene rings is 2. The van der Waals surface area contributed by atoms with E-state index in [2.05, 4.69) is 32.2 Å². The van der Waals surface area contributed by atoms with Crippen LogP contribution in [-0.4, -0.2) is 126 Å². The maximum atomic E-state index is 14.4. The fourth-order valence-corrected chi connectivity index (χ4v) is 11.9. The first-order valence-electron chi connectivity index (χ1n) is 24.5. The van der Waals surface area contributed by atoms with E-state index in [0.717, 1.165) is 5.56 Å². The normalized spacial score (nSPS) is 20.4. The van der Waals surface area contributed by atoms with E-state index in [4.69, 9.17) is 27.8 Å². The lowest BCUT2D eigenvalue weighted by molar-refractivity contribution is -0.150. The summed E-state index contributed by atoms with van der Waals surface area (Å²) in [4.78, 5) is 89.8. The zero-order valence-corrected chi connectivity index (χ0v) is 43.0. The number of allylic oxidation sites excluding steroid dienone is 1. The van der Waals surface area contributed by atoms with Gasteiger partial charge in [0.1, 0.15) is 41.1 Å². The molecule has 3 aliphatic heterocycles. The third-order valence-corrected chi connectivity index (χ3v) is 16.3. The van der Waals surface area contributed by atoms with E-state index in [1.165, 1.54) is 9.80 Å². The van der Waals surface area contributed by atoms with Gasteiger partial charge in [-0.2, -0.15) is 0 Å². The first-order chi connectivity index (χ1) is 33.5. The number of hydrogen-bond donors (Lipinski definition) is 7. The highest BCUT2D eigenvalue weighted by molar-refractivity contribution is 7.90. The molecule has 3 fully saturated rings. The SMILES string of the molecule is C=CCCC[C@H](N)C(=O)N[C@@H](Cc1ccccc1Cl)C(=O)N1CCC[C@H]1C(=O)NC1(C(=O)N[C@@H](CCCN=C(N)NS(=O)(=O)c2c(C)c(C)c3c(c2C)CC(C)(C)O3)C(=O)N2CCC[C@H]2C(=O)O)CCC1. The van der Waals surface area contributed by atoms with Gasteiger partial charge in [0.15, 0.2) is 0 Å². The van der Waals surface area contributed by atoms with Crippen molar-refractivity contribution in [3.05, 3.63) is 69.8 Å². The zero-order valence-electron chi connectivity index (χ0n) is 41.4. The maximum Gasteiger partial charge on any atom is 0.326 e. The second-order valence-corrected chi connectivity index (χ2v) is 21.9. The molecular weight excluding hydrogens is 954 g/mol. The Hall–Kier alpha value is -5.73. The average molecular weight is 1020 g/mol. The number of sulfonamides is 1. The van der Waals surface area contributed by atoms with Gasteiger partial charge < -0.3 is 47.1 Å². The first kappa shape index (κ1) is 54.6. The number of carbonyl (C=O) groups is 6. The molecule has 0 spiro atoms. The van der Waals surface area contributed by atoms with Crippen molar-refractivity contribution in [2.24, 2.45) is 16.5 Å². The summed E-state index contributed by atoms with van der Waals surface area (Å²) >= 11 is 6.49. The lowest BCUT2D eigenvalue weighted by Gasteiger charge is -2.43. The number of unbranched alkanes of at least 4 members (excludes halogenated alkanes) is 1. The molecule has 2 aromatic rings. The monoisotopic (exact) mass is 1020 g/mol. The summed E-state index contributed by atoms with van der Waals surface area (Å²) in [7, 11) is -4.20. The molecule has 2 saturated heterocycles. The highest BCUT2D eigenvalue weighted by Crippen LogP contribution is 2.44. The molecule has 3 heterocycles. The Morgan fingerprint density at radius 3 is 2.21 bits per heavy atom. The second kappa shape index (κ2) is 22.8. The number of carboxylic acids is 1. The van der Waals surface area contributed by atoms with Gasteiger partial charge in [-0.3, -0.25) is 29.0 Å². The number of ether oxygens (including phenoxy) is 1. The number of likely N-dealkylation sites (tertiary alicyclic amines) is 2. The molecule has 4 aliphatic rings. The number of amides is 5. The van der Waals surface area contributed by atoms with E-state index in [9.17, 15) is 42.3 Å². The van der Waals surface area contributed by atoms with E-state index in [0.29, 0.717) is 78.0 Å². The summed E-state index contributed by atoms with van der Waals surface area (Å²) in [6, 6.07) is 1.61. The number of carbonyl (C=O) groups excluding carboxylic acids is 5. The summed E-state index contributed by atoms with van der Waals surface area (Å²) in [5.41, 5.74) is 13.6. The highest BCUT2D eigenvalue weighted by Gasteiger charge is 2.50. The van der Waals surface area contributed by atoms with Gasteiger partial charge >= 0.3 is 5.97 Å². The lowest BCUT2D eigenvalue weighted by atomic mass is 9.75. The van der Waals surface area contributed by atoms with Gasteiger partial charge in [0.25, 0.3) is 10.0 Å². The van der Waals surface area contributed by atoms with Gasteiger partial charge in [-0.15, -0.1) is 6.58 Å². The highest BCUT2D eigenvalue weighted by atomic mass is 35.5. The predicted molar refractivity (Wildman–Crippen MR) is 268 cm³/mol. The number of hydrogen-bond acceptors (Lipinski definition) is 11. The lowest BCUT2D eigenvalue weighted by Crippen LogP contribution is -2.67. The van der Waals surface area contributed by atoms with Gasteiger partial charge in [-0.05, 0) is 140 Å². The van der Waals surface area contributed by atoms with Crippen molar-refractivity contribution in [1.82, 2.24) is 30.5 Å². The Morgan fingerprint density at radius 2 is 1.58 bits per heavy atom. The van der Waals surface area contributed by atoms with Crippen LogP contribution in [0.2, 0.25) is 5.02 Å². The molecule has 71 heavy (non-hydrogen) atoms. The molecule has 0 radical (unpaired) electrons. The third kappa shape index (κ3) is 12.5. The number of aliphatic imine (C=N–C) groups is 1. The molecule has 388 valence electrons. The molecule has 0 unspecified atom stereocenters. The van der Waals surface area contributed by atoms with Crippen LogP contribution in [0.4, 0.5) is 0 Å². The summed E-state index contributed by atoms with van der Waals surface area (Å²) in [5, 5.41) is 18.9. The molecule has 2 aromatic carbocycles. The molecule has 5 amide bonds. The summed E-state index contributed by atoms with van der Waals surface area (Å²) in [6.45, 7) is 13.1. The quantitative estimate of drug-likeness (QED) is 0.0410. The van der Waals surface area contributed by atoms with Crippen LogP contribution in [0.3, 0.4) is 0 Å². The Bertz CT molecular complexity index is 2550. The van der Waals surface area contributed by atoms with Crippen LogP contribution in [0.1, 0.15) is 119 Å². The van der Waals surface area contributed by atoms with Crippen LogP contribution in [0.5, 0.6) is 5.75 Å². The first-order valence-corrected chi connectivity index (χ1v) is 26.4. The number of nitrogens with two attached hydrogens (primary N) is 2. The Labute approximate surface area is 421 Å². The minimum Gasteiger partial charge on any atom is -0.487 e. The van der Waals surface area contributed by atoms with Crippen molar-refractivity contribution >= 4 is 63.1 Å². The van der Waals surface area contributed by atoms with Crippen molar-refractivity contribution in [3.63, 3.8) is 0 Å². The number of fused-ring (bicyclic) bond motifs is 1. The number of guanidine groups is 1. The average Bonchev–Trinajstić information content (AvgIpc) is 4.07. The van der Waals surface area contributed by atoms with E-state index < -0.39 is 86.9 Å². The Kier molecular flexibility index (Phi) is 17.5. The molecule has 0 bridgehead atoms. The zero-order chi connectivity index (χ0) is 52.0. The largest absolute Gasteiger partial charge is 0.487 e. The molecule has 1 aliphatic carbocycles. The van der Waals surface area contributed by atoms with E-state index in [1.807, 2.05) is 20.8 Å². The van der Waals surface area contributed by atoms with Gasteiger partial charge in [0.05, 0.1) is 10.9 Å². The van der Waals surface area contributed by atoms with Crippen LogP contribution in [0.15, 0.2) is 46.8 Å². The summed E-state index contributed by atoms with van der Waals surface area (Å²) < 4.78 is 36.1. The Balaban J connectivity index is 1.15. The minimum atomic E-state index is -4.20. The number of aliphatic carboxylic acids is 1. The molecule has 0 aromatic heterocycles. The predicted octanol–water partition coefficient (Wildman–Crippen LogP) is 3.35. The van der Waals surface area contributed by atoms with Gasteiger partial charge in [0, 0.05) is 43.1 Å². The standard InChI is InChI=1S/C50H70ClN9O10S/c1-7-8-9-18-35(52)42(61)55-37(27-32-16-10-11-17-34(32)51)45(64)59-25-13-20-38(59)43(62)57-50(22-15-23-50)47(67)56-36(44(63)60-26-14-21-39(60)46(65)66)19-12-24-54-48(53)58-71(68,69)41-30(3)29(2)40-33(31(41)4)28-49(5,6)70-40/h7,10-11,16-17,35-39H,1,8-9,12-15,18-28,52H2,2-6H3,(H,55,61)(H,56,67)(H,57,62)(H,65,66)(H3,53,54,58)/t35-,36-,37-,38-,39-/m0/s1. The van der Waals surface area contributed by atoms with Crippen molar-refractivity contribution in [3.8, 4) is 5.75 Å². The second-order valence-electron chi connectivity index (χ2n) is 19.9. The van der Waals surface area contributed by atoms with E-state index in [-0.39, 0.29) is 75.4 Å². The minimum absolute atomic E-state index is 0.0274. The summed E-state index contributed by atoms with van der Waals surface area (Å²) in [5.74, 6) is -3.76. The molecule has 5 atom stereocenters. The van der Waals surface area contributed by atoms with E-state index >= 15 is 0 Å². The fourth-order valence-electron chi connectivity index (χ4n) is 10.1. The maximum absolute atomic E-state index is 14.4. The molecule has 21 heteroatoms. The number of nitrogens with one attached hydrogen (secondary N) is 4. The summed E-state index contributed by atoms with van der Waals surface area (Å²) in [6.07, 6.45) is 6.53. The van der Waals surface area contributed by atoms with Crippen LogP contribution in [-0.2, 0) is 51.6 Å².